The van der Waals surface area contributed by atoms with Gasteiger partial charge in [-0.25, -0.2) is 0 Å². The van der Waals surface area contributed by atoms with Crippen molar-refractivity contribution in [3.63, 3.8) is 0 Å². The van der Waals surface area contributed by atoms with Crippen LogP contribution in [-0.4, -0.2) is 25.8 Å². The van der Waals surface area contributed by atoms with Gasteiger partial charge in [-0.15, -0.1) is 0 Å². The molecule has 0 radical (unpaired) electrons. The van der Waals surface area contributed by atoms with Crippen molar-refractivity contribution < 1.29 is 4.74 Å². The highest BCUT2D eigenvalue weighted by Gasteiger charge is 2.55. The predicted molar refractivity (Wildman–Crippen MR) is 85.5 cm³/mol. The first-order valence-corrected chi connectivity index (χ1v) is 8.75. The van der Waals surface area contributed by atoms with E-state index in [0.29, 0.717) is 12.1 Å². The van der Waals surface area contributed by atoms with Gasteiger partial charge in [-0.1, -0.05) is 24.3 Å². The molecule has 2 aliphatic carbocycles. The van der Waals surface area contributed by atoms with Gasteiger partial charge < -0.3 is 10.1 Å². The highest BCUT2D eigenvalue weighted by atomic mass is 16.5. The van der Waals surface area contributed by atoms with Gasteiger partial charge in [0.1, 0.15) is 0 Å². The van der Waals surface area contributed by atoms with Crippen LogP contribution in [0.5, 0.6) is 0 Å². The summed E-state index contributed by atoms with van der Waals surface area (Å²) >= 11 is 0. The lowest BCUT2D eigenvalue weighted by Gasteiger charge is -2.19. The fraction of sp³-hybridized carbons (Fsp3) is 0.684. The van der Waals surface area contributed by atoms with E-state index in [2.05, 4.69) is 36.6 Å². The fourth-order valence-corrected chi connectivity index (χ4v) is 4.94. The number of nitrogens with one attached hydrogen (secondary N) is 1. The molecule has 3 aliphatic rings. The SMILES string of the molecule is CNC(CCC1CCCO1)C1C2CCc3ccccc3C21. The van der Waals surface area contributed by atoms with Gasteiger partial charge in [0, 0.05) is 12.6 Å². The molecular weight excluding hydrogens is 258 g/mol. The number of rotatable bonds is 5. The fourth-order valence-electron chi connectivity index (χ4n) is 4.94. The van der Waals surface area contributed by atoms with E-state index in [1.807, 2.05) is 0 Å². The molecule has 0 aromatic heterocycles. The van der Waals surface area contributed by atoms with Crippen LogP contribution in [-0.2, 0) is 11.2 Å². The lowest BCUT2D eigenvalue weighted by Crippen LogP contribution is -2.29. The zero-order valence-corrected chi connectivity index (χ0v) is 13.1. The van der Waals surface area contributed by atoms with Crippen LogP contribution < -0.4 is 5.32 Å². The first-order valence-electron chi connectivity index (χ1n) is 8.75. The molecule has 1 heterocycles. The summed E-state index contributed by atoms with van der Waals surface area (Å²) < 4.78 is 5.80. The Bertz CT molecular complexity index is 494. The van der Waals surface area contributed by atoms with Gasteiger partial charge in [-0.3, -0.25) is 0 Å². The molecule has 1 saturated heterocycles. The Kier molecular flexibility index (Phi) is 3.76. The Labute approximate surface area is 128 Å². The Morgan fingerprint density at radius 3 is 3.00 bits per heavy atom. The van der Waals surface area contributed by atoms with Gasteiger partial charge in [-0.2, -0.15) is 0 Å². The molecule has 1 aromatic carbocycles. The van der Waals surface area contributed by atoms with Crippen molar-refractivity contribution in [2.45, 2.75) is 56.6 Å². The molecule has 5 unspecified atom stereocenters. The van der Waals surface area contributed by atoms with Crippen molar-refractivity contribution in [3.05, 3.63) is 35.4 Å². The number of benzene rings is 1. The van der Waals surface area contributed by atoms with E-state index in [-0.39, 0.29) is 0 Å². The molecule has 1 N–H and O–H groups in total. The number of aryl methyl sites for hydroxylation is 1. The van der Waals surface area contributed by atoms with Crippen LogP contribution in [0.25, 0.3) is 0 Å². The molecule has 0 spiro atoms. The van der Waals surface area contributed by atoms with Crippen molar-refractivity contribution in [2.24, 2.45) is 11.8 Å². The Morgan fingerprint density at radius 1 is 1.29 bits per heavy atom. The quantitative estimate of drug-likeness (QED) is 0.894. The second kappa shape index (κ2) is 5.73. The van der Waals surface area contributed by atoms with Crippen molar-refractivity contribution in [1.82, 2.24) is 5.32 Å². The largest absolute Gasteiger partial charge is 0.378 e. The minimum Gasteiger partial charge on any atom is -0.378 e. The molecule has 1 saturated carbocycles. The smallest absolute Gasteiger partial charge is 0.0576 e. The van der Waals surface area contributed by atoms with Gasteiger partial charge in [0.15, 0.2) is 0 Å². The average Bonchev–Trinajstić information content (AvgIpc) is 3.02. The summed E-state index contributed by atoms with van der Waals surface area (Å²) in [6.45, 7) is 0.983. The third kappa shape index (κ3) is 2.53. The van der Waals surface area contributed by atoms with E-state index >= 15 is 0 Å². The average molecular weight is 285 g/mol. The van der Waals surface area contributed by atoms with Crippen molar-refractivity contribution in [2.75, 3.05) is 13.7 Å². The Morgan fingerprint density at radius 2 is 2.19 bits per heavy atom. The molecule has 1 aliphatic heterocycles. The van der Waals surface area contributed by atoms with E-state index in [4.69, 9.17) is 4.74 Å². The number of hydrogen-bond donors (Lipinski definition) is 1. The monoisotopic (exact) mass is 285 g/mol. The molecule has 2 nitrogen and oxygen atoms in total. The third-order valence-corrected chi connectivity index (χ3v) is 6.05. The predicted octanol–water partition coefficient (Wildman–Crippen LogP) is 3.51. The lowest BCUT2D eigenvalue weighted by atomic mass is 9.92. The molecule has 5 atom stereocenters. The van der Waals surface area contributed by atoms with Crippen LogP contribution in [0.3, 0.4) is 0 Å². The van der Waals surface area contributed by atoms with Crippen LogP contribution in [0.1, 0.15) is 49.1 Å². The van der Waals surface area contributed by atoms with Gasteiger partial charge >= 0.3 is 0 Å². The highest BCUT2D eigenvalue weighted by Crippen LogP contribution is 2.61. The summed E-state index contributed by atoms with van der Waals surface area (Å²) in [7, 11) is 2.15. The Hall–Kier alpha value is -0.860. The van der Waals surface area contributed by atoms with Crippen LogP contribution in [0.4, 0.5) is 0 Å². The Balaban J connectivity index is 1.42. The third-order valence-electron chi connectivity index (χ3n) is 6.05. The van der Waals surface area contributed by atoms with E-state index in [9.17, 15) is 0 Å². The molecule has 4 rings (SSSR count). The van der Waals surface area contributed by atoms with Crippen LogP contribution in [0.15, 0.2) is 24.3 Å². The highest BCUT2D eigenvalue weighted by molar-refractivity contribution is 5.40. The maximum Gasteiger partial charge on any atom is 0.0576 e. The number of ether oxygens (including phenoxy) is 1. The molecule has 2 heteroatoms. The molecule has 0 bridgehead atoms. The maximum absolute atomic E-state index is 5.80. The first-order chi connectivity index (χ1) is 10.4. The van der Waals surface area contributed by atoms with Crippen molar-refractivity contribution in [1.29, 1.82) is 0 Å². The molecule has 21 heavy (non-hydrogen) atoms. The zero-order valence-electron chi connectivity index (χ0n) is 13.1. The van der Waals surface area contributed by atoms with E-state index in [1.165, 1.54) is 38.5 Å². The minimum absolute atomic E-state index is 0.536. The molecule has 0 amide bonds. The molecule has 1 aromatic rings. The summed E-state index contributed by atoms with van der Waals surface area (Å²) in [5.41, 5.74) is 3.26. The first kappa shape index (κ1) is 13.8. The van der Waals surface area contributed by atoms with Crippen LogP contribution in [0.2, 0.25) is 0 Å². The topological polar surface area (TPSA) is 21.3 Å². The van der Waals surface area contributed by atoms with Gasteiger partial charge in [0.25, 0.3) is 0 Å². The van der Waals surface area contributed by atoms with Gasteiger partial charge in [-0.05, 0) is 74.5 Å². The number of hydrogen-bond acceptors (Lipinski definition) is 2. The summed E-state index contributed by atoms with van der Waals surface area (Å²) in [4.78, 5) is 0. The zero-order chi connectivity index (χ0) is 14.2. The maximum atomic E-state index is 5.80. The summed E-state index contributed by atoms with van der Waals surface area (Å²) in [5.74, 6) is 2.62. The minimum atomic E-state index is 0.536. The summed E-state index contributed by atoms with van der Waals surface area (Å²) in [6.07, 6.45) is 8.27. The standard InChI is InChI=1S/C19H27NO/c1-20-17(11-9-14-6-4-12-21-14)19-16-10-8-13-5-2-3-7-15(13)18(16)19/h2-3,5,7,14,16-20H,4,6,8-12H2,1H3. The molecule has 2 fully saturated rings. The van der Waals surface area contributed by atoms with E-state index in [1.54, 1.807) is 11.1 Å². The summed E-state index contributed by atoms with van der Waals surface area (Å²) in [6, 6.07) is 9.80. The van der Waals surface area contributed by atoms with E-state index in [0.717, 1.165) is 24.4 Å². The second-order valence-electron chi connectivity index (χ2n) is 7.11. The van der Waals surface area contributed by atoms with Crippen LogP contribution in [0, 0.1) is 11.8 Å². The van der Waals surface area contributed by atoms with Gasteiger partial charge in [0.2, 0.25) is 0 Å². The molecular formula is C19H27NO. The molecule has 114 valence electrons. The lowest BCUT2D eigenvalue weighted by molar-refractivity contribution is 0.0988. The van der Waals surface area contributed by atoms with Crippen molar-refractivity contribution in [3.8, 4) is 0 Å². The number of fused-ring (bicyclic) bond motifs is 3. The van der Waals surface area contributed by atoms with E-state index < -0.39 is 0 Å². The summed E-state index contributed by atoms with van der Waals surface area (Å²) in [5, 5.41) is 3.62. The van der Waals surface area contributed by atoms with Gasteiger partial charge in [0.05, 0.1) is 6.10 Å². The second-order valence-corrected chi connectivity index (χ2v) is 7.11. The normalized spacial score (nSPS) is 35.1. The van der Waals surface area contributed by atoms with Crippen molar-refractivity contribution >= 4 is 0 Å². The van der Waals surface area contributed by atoms with Crippen LogP contribution >= 0.6 is 0 Å².